The van der Waals surface area contributed by atoms with Crippen LogP contribution in [0.4, 0.5) is 0 Å². The van der Waals surface area contributed by atoms with Gasteiger partial charge in [0.15, 0.2) is 0 Å². The summed E-state index contributed by atoms with van der Waals surface area (Å²) in [5, 5.41) is 2.91. The minimum atomic E-state index is -3.65. The molecule has 1 amide bonds. The molecule has 1 heterocycles. The van der Waals surface area contributed by atoms with Crippen LogP contribution in [0.5, 0.6) is 0 Å². The number of rotatable bonds is 6. The lowest BCUT2D eigenvalue weighted by molar-refractivity contribution is 0.0730. The van der Waals surface area contributed by atoms with Gasteiger partial charge < -0.3 is 10.1 Å². The van der Waals surface area contributed by atoms with Crippen LogP contribution in [-0.4, -0.2) is 51.5 Å². The second-order valence-corrected chi connectivity index (χ2v) is 8.92. The largest absolute Gasteiger partial charge is 0.379 e. The average Bonchev–Trinajstić information content (AvgIpc) is 2.73. The molecule has 1 fully saturated rings. The number of ether oxygens (including phenoxy) is 1. The summed E-state index contributed by atoms with van der Waals surface area (Å²) in [5.74, 6) is -0.117. The highest BCUT2D eigenvalue weighted by Crippen LogP contribution is 2.22. The van der Waals surface area contributed by atoms with E-state index < -0.39 is 10.0 Å². The standard InChI is InChI=1S/C21H26N2O4S/c1-16-8-9-19(14-20(16)28(25,26)23-10-12-27-13-11-23)21(24)22-15-17(2)18-6-4-3-5-7-18/h3-9,14,17H,10-13,15H2,1-2H3,(H,22,24)/t17-/m0/s1. The molecule has 28 heavy (non-hydrogen) atoms. The Labute approximate surface area is 166 Å². The van der Waals surface area contributed by atoms with Gasteiger partial charge in [0, 0.05) is 25.2 Å². The van der Waals surface area contributed by atoms with Gasteiger partial charge in [0.05, 0.1) is 18.1 Å². The van der Waals surface area contributed by atoms with E-state index in [2.05, 4.69) is 5.32 Å². The van der Waals surface area contributed by atoms with Gasteiger partial charge in [-0.2, -0.15) is 4.31 Å². The molecule has 1 saturated heterocycles. The van der Waals surface area contributed by atoms with E-state index in [1.165, 1.54) is 10.4 Å². The number of hydrogen-bond acceptors (Lipinski definition) is 4. The Morgan fingerprint density at radius 3 is 2.50 bits per heavy atom. The van der Waals surface area contributed by atoms with E-state index in [4.69, 9.17) is 4.74 Å². The van der Waals surface area contributed by atoms with Crippen molar-refractivity contribution in [3.8, 4) is 0 Å². The summed E-state index contributed by atoms with van der Waals surface area (Å²) in [6.07, 6.45) is 0. The van der Waals surface area contributed by atoms with Gasteiger partial charge in [-0.1, -0.05) is 43.3 Å². The number of morpholine rings is 1. The fourth-order valence-corrected chi connectivity index (χ4v) is 4.85. The van der Waals surface area contributed by atoms with Gasteiger partial charge in [-0.3, -0.25) is 4.79 Å². The molecule has 1 aliphatic rings. The van der Waals surface area contributed by atoms with Gasteiger partial charge in [0.25, 0.3) is 5.91 Å². The van der Waals surface area contributed by atoms with Gasteiger partial charge in [-0.25, -0.2) is 8.42 Å². The predicted molar refractivity (Wildman–Crippen MR) is 108 cm³/mol. The quantitative estimate of drug-likeness (QED) is 0.806. The van der Waals surface area contributed by atoms with E-state index in [9.17, 15) is 13.2 Å². The molecule has 0 bridgehead atoms. The smallest absolute Gasteiger partial charge is 0.251 e. The summed E-state index contributed by atoms with van der Waals surface area (Å²) >= 11 is 0. The van der Waals surface area contributed by atoms with Crippen LogP contribution in [0.1, 0.15) is 34.3 Å². The fourth-order valence-electron chi connectivity index (χ4n) is 3.19. The highest BCUT2D eigenvalue weighted by Gasteiger charge is 2.28. The number of hydrogen-bond donors (Lipinski definition) is 1. The maximum absolute atomic E-state index is 13.0. The highest BCUT2D eigenvalue weighted by atomic mass is 32.2. The van der Waals surface area contributed by atoms with E-state index >= 15 is 0 Å². The SMILES string of the molecule is Cc1ccc(C(=O)NC[C@H](C)c2ccccc2)cc1S(=O)(=O)N1CCOCC1. The van der Waals surface area contributed by atoms with Crippen LogP contribution in [0.3, 0.4) is 0 Å². The second kappa shape index (κ2) is 8.86. The highest BCUT2D eigenvalue weighted by molar-refractivity contribution is 7.89. The molecule has 1 N–H and O–H groups in total. The third kappa shape index (κ3) is 4.60. The molecule has 0 saturated carbocycles. The Kier molecular flexibility index (Phi) is 6.49. The molecule has 2 aromatic rings. The van der Waals surface area contributed by atoms with Gasteiger partial charge >= 0.3 is 0 Å². The molecule has 6 nitrogen and oxygen atoms in total. The molecule has 7 heteroatoms. The van der Waals surface area contributed by atoms with Gasteiger partial charge in [0.2, 0.25) is 10.0 Å². The fraction of sp³-hybridized carbons (Fsp3) is 0.381. The zero-order valence-electron chi connectivity index (χ0n) is 16.2. The van der Waals surface area contributed by atoms with Crippen molar-refractivity contribution in [3.63, 3.8) is 0 Å². The lowest BCUT2D eigenvalue weighted by atomic mass is 10.0. The number of carbonyl (C=O) groups excluding carboxylic acids is 1. The first kappa shape index (κ1) is 20.5. The molecule has 0 spiro atoms. The first-order valence-electron chi connectivity index (χ1n) is 9.41. The normalized spacial score (nSPS) is 16.5. The van der Waals surface area contributed by atoms with Crippen molar-refractivity contribution in [1.29, 1.82) is 0 Å². The van der Waals surface area contributed by atoms with Crippen molar-refractivity contribution in [2.75, 3.05) is 32.8 Å². The van der Waals surface area contributed by atoms with Crippen LogP contribution in [0.2, 0.25) is 0 Å². The maximum atomic E-state index is 13.0. The number of benzene rings is 2. The van der Waals surface area contributed by atoms with E-state index in [0.717, 1.165) is 5.56 Å². The van der Waals surface area contributed by atoms with E-state index in [1.807, 2.05) is 37.3 Å². The van der Waals surface area contributed by atoms with Gasteiger partial charge in [0.1, 0.15) is 0 Å². The first-order valence-corrected chi connectivity index (χ1v) is 10.9. The molecule has 0 aromatic heterocycles. The first-order chi connectivity index (χ1) is 13.4. The van der Waals surface area contributed by atoms with Crippen LogP contribution in [0.15, 0.2) is 53.4 Å². The molecule has 2 aromatic carbocycles. The van der Waals surface area contributed by atoms with E-state index in [1.54, 1.807) is 19.1 Å². The molecule has 0 aliphatic carbocycles. The van der Waals surface area contributed by atoms with Crippen LogP contribution in [-0.2, 0) is 14.8 Å². The summed E-state index contributed by atoms with van der Waals surface area (Å²) < 4.78 is 32.6. The maximum Gasteiger partial charge on any atom is 0.251 e. The molecule has 1 atom stereocenters. The van der Waals surface area contributed by atoms with Crippen molar-refractivity contribution in [1.82, 2.24) is 9.62 Å². The van der Waals surface area contributed by atoms with Crippen molar-refractivity contribution >= 4 is 15.9 Å². The van der Waals surface area contributed by atoms with Crippen molar-refractivity contribution in [3.05, 3.63) is 65.2 Å². The number of carbonyl (C=O) groups is 1. The number of nitrogens with one attached hydrogen (secondary N) is 1. The number of sulfonamides is 1. The number of nitrogens with zero attached hydrogens (tertiary/aromatic N) is 1. The summed E-state index contributed by atoms with van der Waals surface area (Å²) in [5.41, 5.74) is 2.11. The Bertz CT molecular complexity index is 923. The minimum absolute atomic E-state index is 0.159. The van der Waals surface area contributed by atoms with Crippen molar-refractivity contribution < 1.29 is 17.9 Å². The molecular weight excluding hydrogens is 376 g/mol. The summed E-state index contributed by atoms with van der Waals surface area (Å²) in [4.78, 5) is 12.8. The summed E-state index contributed by atoms with van der Waals surface area (Å²) in [7, 11) is -3.65. The average molecular weight is 403 g/mol. The third-order valence-electron chi connectivity index (χ3n) is 4.98. The molecule has 150 valence electrons. The molecular formula is C21H26N2O4S. The monoisotopic (exact) mass is 402 g/mol. The van der Waals surface area contributed by atoms with Crippen molar-refractivity contribution in [2.24, 2.45) is 0 Å². The Morgan fingerprint density at radius 2 is 1.82 bits per heavy atom. The lowest BCUT2D eigenvalue weighted by Crippen LogP contribution is -2.41. The van der Waals surface area contributed by atoms with Gasteiger partial charge in [-0.15, -0.1) is 0 Å². The number of aryl methyl sites for hydroxylation is 1. The minimum Gasteiger partial charge on any atom is -0.379 e. The second-order valence-electron chi connectivity index (χ2n) is 7.02. The molecule has 1 aliphatic heterocycles. The van der Waals surface area contributed by atoms with Crippen LogP contribution in [0, 0.1) is 6.92 Å². The summed E-state index contributed by atoms with van der Waals surface area (Å²) in [6, 6.07) is 14.8. The van der Waals surface area contributed by atoms with E-state index in [0.29, 0.717) is 44.0 Å². The van der Waals surface area contributed by atoms with E-state index in [-0.39, 0.29) is 16.7 Å². The lowest BCUT2D eigenvalue weighted by Gasteiger charge is -2.26. The Balaban J connectivity index is 1.74. The molecule has 3 rings (SSSR count). The Hall–Kier alpha value is -2.22. The van der Waals surface area contributed by atoms with Crippen LogP contribution in [0.25, 0.3) is 0 Å². The third-order valence-corrected chi connectivity index (χ3v) is 7.02. The van der Waals surface area contributed by atoms with Crippen molar-refractivity contribution in [2.45, 2.75) is 24.7 Å². The topological polar surface area (TPSA) is 75.7 Å². The number of amides is 1. The summed E-state index contributed by atoms with van der Waals surface area (Å²) in [6.45, 7) is 5.68. The van der Waals surface area contributed by atoms with Crippen LogP contribution < -0.4 is 5.32 Å². The van der Waals surface area contributed by atoms with Crippen LogP contribution >= 0.6 is 0 Å². The zero-order valence-corrected chi connectivity index (χ0v) is 17.0. The predicted octanol–water partition coefficient (Wildman–Crippen LogP) is 2.55. The Morgan fingerprint density at radius 1 is 1.14 bits per heavy atom. The molecule has 0 unspecified atom stereocenters. The molecule has 0 radical (unpaired) electrons. The van der Waals surface area contributed by atoms with Gasteiger partial charge in [-0.05, 0) is 36.1 Å². The zero-order chi connectivity index (χ0) is 20.1.